The summed E-state index contributed by atoms with van der Waals surface area (Å²) >= 11 is 0. The smallest absolute Gasteiger partial charge is 0.187 e. The highest BCUT2D eigenvalue weighted by Crippen LogP contribution is 2.32. The van der Waals surface area contributed by atoms with Gasteiger partial charge in [0.15, 0.2) is 12.6 Å². The van der Waals surface area contributed by atoms with Crippen molar-refractivity contribution in [1.29, 1.82) is 0 Å². The molecule has 15 atom stereocenters. The van der Waals surface area contributed by atoms with Gasteiger partial charge < -0.3 is 74.7 Å². The lowest BCUT2D eigenvalue weighted by Gasteiger charge is -2.48. The number of hydrogen-bond acceptors (Lipinski definition) is 15. The van der Waals surface area contributed by atoms with Crippen molar-refractivity contribution in [3.05, 3.63) is 0 Å². The highest BCUT2D eigenvalue weighted by Gasteiger charge is 2.52. The summed E-state index contributed by atoms with van der Waals surface area (Å²) in [6.45, 7) is -0.626. The summed E-state index contributed by atoms with van der Waals surface area (Å²) < 4.78 is 27.1. The van der Waals surface area contributed by atoms with E-state index in [0.29, 0.717) is 0 Å². The van der Waals surface area contributed by atoms with Crippen LogP contribution in [0.5, 0.6) is 0 Å². The fourth-order valence-corrected chi connectivity index (χ4v) is 4.26. The lowest BCUT2D eigenvalue weighted by Crippen LogP contribution is -2.66. The molecule has 15 nitrogen and oxygen atoms in total. The molecule has 3 saturated heterocycles. The van der Waals surface area contributed by atoms with Gasteiger partial charge in [-0.1, -0.05) is 0 Å². The molecule has 3 fully saturated rings. The van der Waals surface area contributed by atoms with Gasteiger partial charge in [0.05, 0.1) is 25.9 Å². The Bertz CT molecular complexity index is 635. The first-order valence-electron chi connectivity index (χ1n) is 10.9. The molecule has 0 spiro atoms. The minimum Gasteiger partial charge on any atom is -0.394 e. The molecule has 34 heavy (non-hydrogen) atoms. The average Bonchev–Trinajstić information content (AvgIpc) is 2.83. The first-order chi connectivity index (χ1) is 16.0. The van der Waals surface area contributed by atoms with Crippen LogP contribution in [0.4, 0.5) is 0 Å². The second kappa shape index (κ2) is 11.6. The van der Waals surface area contributed by atoms with E-state index >= 15 is 0 Å². The summed E-state index contributed by atoms with van der Waals surface area (Å²) in [5.74, 6) is 0. The molecule has 200 valence electrons. The summed E-state index contributed by atoms with van der Waals surface area (Å²) in [5, 5.41) is 100. The third-order valence-electron chi connectivity index (χ3n) is 6.35. The van der Waals surface area contributed by atoms with Gasteiger partial charge in [-0.15, -0.1) is 0 Å². The van der Waals surface area contributed by atoms with Crippen LogP contribution in [0.1, 0.15) is 6.92 Å². The lowest BCUT2D eigenvalue weighted by molar-refractivity contribution is -0.372. The normalized spacial score (nSPS) is 52.5. The van der Waals surface area contributed by atoms with Crippen molar-refractivity contribution in [2.75, 3.05) is 19.8 Å². The number of ether oxygens (including phenoxy) is 5. The van der Waals surface area contributed by atoms with Crippen LogP contribution in [-0.4, -0.2) is 163 Å². The first kappa shape index (κ1) is 28.0. The molecule has 3 heterocycles. The molecule has 6 unspecified atom stereocenters. The zero-order valence-corrected chi connectivity index (χ0v) is 18.3. The van der Waals surface area contributed by atoms with Crippen LogP contribution in [0.25, 0.3) is 0 Å². The quantitative estimate of drug-likeness (QED) is 0.155. The average molecular weight is 502 g/mol. The Kier molecular flexibility index (Phi) is 9.57. The number of rotatable bonds is 7. The van der Waals surface area contributed by atoms with Gasteiger partial charge in [0.1, 0.15) is 73.2 Å². The summed E-state index contributed by atoms with van der Waals surface area (Å²) in [6, 6.07) is 0. The summed E-state index contributed by atoms with van der Waals surface area (Å²) in [6.07, 6.45) is -22.6. The Labute approximate surface area is 194 Å². The second-order valence-electron chi connectivity index (χ2n) is 8.65. The molecular formula is C19H34O15. The van der Waals surface area contributed by atoms with E-state index < -0.39 is 112 Å². The zero-order valence-electron chi connectivity index (χ0n) is 18.3. The molecule has 0 aromatic heterocycles. The molecule has 0 amide bonds. The Balaban J connectivity index is 1.72. The minimum absolute atomic E-state index is 0.601. The van der Waals surface area contributed by atoms with Crippen molar-refractivity contribution < 1.29 is 74.7 Å². The van der Waals surface area contributed by atoms with Gasteiger partial charge >= 0.3 is 0 Å². The highest BCUT2D eigenvalue weighted by molar-refractivity contribution is 4.96. The fraction of sp³-hybridized carbons (Fsp3) is 1.00. The monoisotopic (exact) mass is 502 g/mol. The molecule has 0 aromatic carbocycles. The van der Waals surface area contributed by atoms with E-state index in [0.717, 1.165) is 0 Å². The predicted molar refractivity (Wildman–Crippen MR) is 105 cm³/mol. The van der Waals surface area contributed by atoms with E-state index in [2.05, 4.69) is 0 Å². The molecule has 10 N–H and O–H groups in total. The van der Waals surface area contributed by atoms with E-state index in [1.165, 1.54) is 6.92 Å². The maximum absolute atomic E-state index is 10.6. The van der Waals surface area contributed by atoms with Gasteiger partial charge in [0.25, 0.3) is 0 Å². The van der Waals surface area contributed by atoms with Crippen LogP contribution < -0.4 is 0 Å². The van der Waals surface area contributed by atoms with E-state index in [1.54, 1.807) is 0 Å². The maximum atomic E-state index is 10.6. The standard InChI is InChI=1S/C19H34O15/c1-5-9(23)12(26)16(7(3-21)30-5)33-19-15(29)13(27)17(8(4-22)32-19)34-18-14(28)11(25)10(24)6(2-20)31-18/h5-29H,2-4H2,1H3/t5-,6?,7?,8?,9?,10-,11-,12+,13+,14?,15?,16+,17+,18-,19-/m0/s1. The summed E-state index contributed by atoms with van der Waals surface area (Å²) in [7, 11) is 0. The zero-order chi connectivity index (χ0) is 25.3. The molecule has 0 saturated carbocycles. The van der Waals surface area contributed by atoms with E-state index in [9.17, 15) is 51.1 Å². The van der Waals surface area contributed by atoms with Crippen LogP contribution in [0, 0.1) is 0 Å². The van der Waals surface area contributed by atoms with E-state index in [1.807, 2.05) is 0 Å². The van der Waals surface area contributed by atoms with Gasteiger partial charge in [0, 0.05) is 0 Å². The first-order valence-corrected chi connectivity index (χ1v) is 10.9. The number of aliphatic hydroxyl groups is 10. The summed E-state index contributed by atoms with van der Waals surface area (Å²) in [4.78, 5) is 0. The maximum Gasteiger partial charge on any atom is 0.187 e. The SMILES string of the molecule is C[C@@H]1OC(CO)[C@@H](O[C@@H]2OC(CO)[C@@H](O[C@@H]3OC(CO)[C@H](O)[C@H](O)C3O)[C@H](O)C2O)[C@H](O)C1O. The van der Waals surface area contributed by atoms with Crippen molar-refractivity contribution in [3.8, 4) is 0 Å². The van der Waals surface area contributed by atoms with E-state index in [-0.39, 0.29) is 0 Å². The van der Waals surface area contributed by atoms with Gasteiger partial charge in [-0.3, -0.25) is 0 Å². The second-order valence-corrected chi connectivity index (χ2v) is 8.65. The molecule has 15 heteroatoms. The Morgan fingerprint density at radius 3 is 1.41 bits per heavy atom. The predicted octanol–water partition coefficient (Wildman–Crippen LogP) is -6.50. The third-order valence-corrected chi connectivity index (χ3v) is 6.35. The van der Waals surface area contributed by atoms with Crippen LogP contribution in [0.15, 0.2) is 0 Å². The Morgan fingerprint density at radius 1 is 0.500 bits per heavy atom. The van der Waals surface area contributed by atoms with Crippen LogP contribution in [-0.2, 0) is 23.7 Å². The molecule has 3 rings (SSSR count). The van der Waals surface area contributed by atoms with Crippen molar-refractivity contribution in [2.45, 2.75) is 98.9 Å². The molecule has 0 bridgehead atoms. The molecule has 0 aliphatic carbocycles. The largest absolute Gasteiger partial charge is 0.394 e. The molecule has 0 aromatic rings. The van der Waals surface area contributed by atoms with Crippen molar-refractivity contribution in [1.82, 2.24) is 0 Å². The number of hydrogen-bond donors (Lipinski definition) is 10. The molecule has 0 radical (unpaired) electrons. The van der Waals surface area contributed by atoms with Crippen molar-refractivity contribution in [2.24, 2.45) is 0 Å². The van der Waals surface area contributed by atoms with Crippen molar-refractivity contribution in [3.63, 3.8) is 0 Å². The van der Waals surface area contributed by atoms with E-state index in [4.69, 9.17) is 23.7 Å². The minimum atomic E-state index is -1.85. The van der Waals surface area contributed by atoms with Gasteiger partial charge in [-0.2, -0.15) is 0 Å². The van der Waals surface area contributed by atoms with Crippen LogP contribution in [0.2, 0.25) is 0 Å². The van der Waals surface area contributed by atoms with Crippen LogP contribution in [0.3, 0.4) is 0 Å². The van der Waals surface area contributed by atoms with Gasteiger partial charge in [-0.05, 0) is 6.92 Å². The highest BCUT2D eigenvalue weighted by atomic mass is 16.7. The molecule has 3 aliphatic rings. The Hall–Kier alpha value is -0.600. The third kappa shape index (κ3) is 5.39. The fourth-order valence-electron chi connectivity index (χ4n) is 4.26. The topological polar surface area (TPSA) is 248 Å². The molecular weight excluding hydrogens is 468 g/mol. The lowest BCUT2D eigenvalue weighted by atomic mass is 9.94. The van der Waals surface area contributed by atoms with Crippen LogP contribution >= 0.6 is 0 Å². The Morgan fingerprint density at radius 2 is 0.912 bits per heavy atom. The molecule has 3 aliphatic heterocycles. The van der Waals surface area contributed by atoms with Crippen molar-refractivity contribution >= 4 is 0 Å². The summed E-state index contributed by atoms with van der Waals surface area (Å²) in [5.41, 5.74) is 0. The van der Waals surface area contributed by atoms with Gasteiger partial charge in [-0.25, -0.2) is 0 Å². The number of aliphatic hydroxyl groups excluding tert-OH is 10. The van der Waals surface area contributed by atoms with Gasteiger partial charge in [0.2, 0.25) is 0 Å².